The summed E-state index contributed by atoms with van der Waals surface area (Å²) in [6.07, 6.45) is 13.7. The van der Waals surface area contributed by atoms with Crippen LogP contribution in [0.15, 0.2) is 12.2 Å². The van der Waals surface area contributed by atoms with Gasteiger partial charge in [0.1, 0.15) is 0 Å². The minimum atomic E-state index is 0.399. The van der Waals surface area contributed by atoms with Crippen molar-refractivity contribution in [2.45, 2.75) is 58.8 Å². The molecule has 0 aliphatic heterocycles. The SMILES string of the molecule is CCCCC(CC)CC12C=CC(C1)C(=N)C2. The number of allylic oxidation sites excluding steroid dienone is 2. The van der Waals surface area contributed by atoms with Crippen LogP contribution in [0.25, 0.3) is 0 Å². The molecule has 90 valence electrons. The molecule has 0 aromatic rings. The zero-order chi connectivity index (χ0) is 11.6. The summed E-state index contributed by atoms with van der Waals surface area (Å²) in [7, 11) is 0. The lowest BCUT2D eigenvalue weighted by atomic mass is 9.76. The molecule has 2 aliphatic carbocycles. The standard InChI is InChI=1S/C15H25N/c1-3-5-6-12(4-2)9-15-8-7-13(10-15)14(16)11-15/h7-8,12-13,16H,3-6,9-11H2,1-2H3. The zero-order valence-corrected chi connectivity index (χ0v) is 10.8. The molecule has 0 saturated heterocycles. The third-order valence-corrected chi connectivity index (χ3v) is 4.54. The summed E-state index contributed by atoms with van der Waals surface area (Å²) in [6, 6.07) is 0. The Bertz CT molecular complexity index is 292. The summed E-state index contributed by atoms with van der Waals surface area (Å²) in [6.45, 7) is 4.61. The first kappa shape index (κ1) is 11.9. The van der Waals surface area contributed by atoms with E-state index in [1.54, 1.807) is 0 Å². The predicted octanol–water partition coefficient (Wildman–Crippen LogP) is 4.58. The van der Waals surface area contributed by atoms with Gasteiger partial charge in [0.2, 0.25) is 0 Å². The molecule has 0 spiro atoms. The monoisotopic (exact) mass is 219 g/mol. The molecule has 1 nitrogen and oxygen atoms in total. The van der Waals surface area contributed by atoms with Crippen LogP contribution in [0.5, 0.6) is 0 Å². The highest BCUT2D eigenvalue weighted by atomic mass is 14.6. The summed E-state index contributed by atoms with van der Waals surface area (Å²) in [5.74, 6) is 1.39. The molecular weight excluding hydrogens is 194 g/mol. The van der Waals surface area contributed by atoms with Crippen LogP contribution in [0, 0.1) is 22.7 Å². The minimum absolute atomic E-state index is 0.399. The average molecular weight is 219 g/mol. The second kappa shape index (κ2) is 4.73. The molecule has 2 bridgehead atoms. The van der Waals surface area contributed by atoms with Crippen molar-refractivity contribution in [3.63, 3.8) is 0 Å². The molecule has 1 N–H and O–H groups in total. The largest absolute Gasteiger partial charge is 0.309 e. The summed E-state index contributed by atoms with van der Waals surface area (Å²) in [4.78, 5) is 0. The smallest absolute Gasteiger partial charge is 0.0167 e. The molecule has 3 unspecified atom stereocenters. The van der Waals surface area contributed by atoms with Crippen molar-refractivity contribution in [2.24, 2.45) is 17.3 Å². The fourth-order valence-electron chi connectivity index (χ4n) is 3.52. The van der Waals surface area contributed by atoms with E-state index in [1.807, 2.05) is 0 Å². The van der Waals surface area contributed by atoms with Crippen LogP contribution in [0.3, 0.4) is 0 Å². The molecule has 3 atom stereocenters. The first-order valence-corrected chi connectivity index (χ1v) is 6.96. The highest BCUT2D eigenvalue weighted by Gasteiger charge is 2.44. The third-order valence-electron chi connectivity index (χ3n) is 4.54. The van der Waals surface area contributed by atoms with E-state index >= 15 is 0 Å². The molecule has 0 radical (unpaired) electrons. The van der Waals surface area contributed by atoms with Crippen LogP contribution in [0.2, 0.25) is 0 Å². The summed E-state index contributed by atoms with van der Waals surface area (Å²) >= 11 is 0. The summed E-state index contributed by atoms with van der Waals surface area (Å²) in [5, 5.41) is 7.95. The van der Waals surface area contributed by atoms with Crippen molar-refractivity contribution < 1.29 is 0 Å². The molecule has 0 aromatic carbocycles. The summed E-state index contributed by atoms with van der Waals surface area (Å²) < 4.78 is 0. The Balaban J connectivity index is 1.93. The average Bonchev–Trinajstić information content (AvgIpc) is 2.81. The van der Waals surface area contributed by atoms with Gasteiger partial charge in [0.05, 0.1) is 0 Å². The van der Waals surface area contributed by atoms with E-state index in [4.69, 9.17) is 5.41 Å². The van der Waals surface area contributed by atoms with E-state index in [0.29, 0.717) is 11.3 Å². The maximum atomic E-state index is 7.95. The maximum absolute atomic E-state index is 7.95. The number of fused-ring (bicyclic) bond motifs is 2. The molecule has 1 saturated carbocycles. The topological polar surface area (TPSA) is 23.9 Å². The molecule has 1 heteroatoms. The number of hydrogen-bond acceptors (Lipinski definition) is 1. The number of unbranched alkanes of at least 4 members (excludes halogenated alkanes) is 1. The van der Waals surface area contributed by atoms with Crippen molar-refractivity contribution in [2.75, 3.05) is 0 Å². The van der Waals surface area contributed by atoms with Gasteiger partial charge in [-0.25, -0.2) is 0 Å². The fraction of sp³-hybridized carbons (Fsp3) is 0.800. The van der Waals surface area contributed by atoms with Gasteiger partial charge in [-0.1, -0.05) is 51.7 Å². The Morgan fingerprint density at radius 2 is 2.31 bits per heavy atom. The second-order valence-electron chi connectivity index (χ2n) is 5.85. The van der Waals surface area contributed by atoms with E-state index in [-0.39, 0.29) is 0 Å². The molecular formula is C15H25N. The first-order valence-electron chi connectivity index (χ1n) is 6.96. The number of nitrogens with one attached hydrogen (secondary N) is 1. The molecule has 16 heavy (non-hydrogen) atoms. The van der Waals surface area contributed by atoms with Gasteiger partial charge in [0, 0.05) is 11.6 Å². The van der Waals surface area contributed by atoms with E-state index in [0.717, 1.165) is 18.1 Å². The molecule has 2 aliphatic rings. The Kier molecular flexibility index (Phi) is 3.51. The number of hydrogen-bond donors (Lipinski definition) is 1. The first-order chi connectivity index (χ1) is 7.69. The van der Waals surface area contributed by atoms with E-state index in [1.165, 1.54) is 38.5 Å². The highest BCUT2D eigenvalue weighted by molar-refractivity contribution is 5.90. The second-order valence-corrected chi connectivity index (χ2v) is 5.85. The normalized spacial score (nSPS) is 33.6. The van der Waals surface area contributed by atoms with Gasteiger partial charge in [0.25, 0.3) is 0 Å². The lowest BCUT2D eigenvalue weighted by Gasteiger charge is -2.28. The minimum Gasteiger partial charge on any atom is -0.309 e. The maximum Gasteiger partial charge on any atom is 0.0167 e. The van der Waals surface area contributed by atoms with Crippen molar-refractivity contribution in [3.05, 3.63) is 12.2 Å². The zero-order valence-electron chi connectivity index (χ0n) is 10.8. The predicted molar refractivity (Wildman–Crippen MR) is 69.9 cm³/mol. The fourth-order valence-corrected chi connectivity index (χ4v) is 3.52. The summed E-state index contributed by atoms with van der Waals surface area (Å²) in [5.41, 5.74) is 1.39. The van der Waals surface area contributed by atoms with E-state index in [2.05, 4.69) is 26.0 Å². The Hall–Kier alpha value is -0.590. The van der Waals surface area contributed by atoms with Gasteiger partial charge >= 0.3 is 0 Å². The van der Waals surface area contributed by atoms with E-state index in [9.17, 15) is 0 Å². The van der Waals surface area contributed by atoms with Crippen LogP contribution in [0.4, 0.5) is 0 Å². The van der Waals surface area contributed by atoms with Gasteiger partial charge in [-0.3, -0.25) is 0 Å². The van der Waals surface area contributed by atoms with Crippen LogP contribution < -0.4 is 0 Å². The van der Waals surface area contributed by atoms with Gasteiger partial charge in [0.15, 0.2) is 0 Å². The van der Waals surface area contributed by atoms with Crippen LogP contribution in [-0.4, -0.2) is 5.71 Å². The van der Waals surface area contributed by atoms with Gasteiger partial charge in [-0.15, -0.1) is 0 Å². The molecule has 1 fully saturated rings. The molecule has 0 heterocycles. The van der Waals surface area contributed by atoms with E-state index < -0.39 is 0 Å². The van der Waals surface area contributed by atoms with Crippen LogP contribution in [0.1, 0.15) is 58.8 Å². The Labute approximate surface area is 99.8 Å². The van der Waals surface area contributed by atoms with Gasteiger partial charge in [-0.2, -0.15) is 0 Å². The van der Waals surface area contributed by atoms with Gasteiger partial charge in [-0.05, 0) is 30.6 Å². The van der Waals surface area contributed by atoms with Crippen molar-refractivity contribution in [1.29, 1.82) is 5.41 Å². The van der Waals surface area contributed by atoms with Crippen molar-refractivity contribution in [3.8, 4) is 0 Å². The Morgan fingerprint density at radius 1 is 1.50 bits per heavy atom. The lowest BCUT2D eigenvalue weighted by molar-refractivity contribution is 0.275. The quantitative estimate of drug-likeness (QED) is 0.632. The third kappa shape index (κ3) is 2.23. The van der Waals surface area contributed by atoms with Crippen molar-refractivity contribution in [1.82, 2.24) is 0 Å². The Morgan fingerprint density at radius 3 is 2.81 bits per heavy atom. The molecule has 2 rings (SSSR count). The lowest BCUT2D eigenvalue weighted by Crippen LogP contribution is -2.18. The van der Waals surface area contributed by atoms with Crippen LogP contribution >= 0.6 is 0 Å². The highest BCUT2D eigenvalue weighted by Crippen LogP contribution is 2.51. The number of rotatable bonds is 6. The van der Waals surface area contributed by atoms with Crippen LogP contribution in [-0.2, 0) is 0 Å². The molecule has 0 aromatic heterocycles. The molecule has 0 amide bonds. The van der Waals surface area contributed by atoms with Gasteiger partial charge < -0.3 is 5.41 Å². The van der Waals surface area contributed by atoms with Crippen molar-refractivity contribution >= 4 is 5.71 Å².